The van der Waals surface area contributed by atoms with Gasteiger partial charge in [-0.25, -0.2) is 12.2 Å². The van der Waals surface area contributed by atoms with E-state index in [0.29, 0.717) is 0 Å². The Morgan fingerprint density at radius 1 is 0.579 bits per heavy atom. The Hall–Kier alpha value is 13.8. The van der Waals surface area contributed by atoms with E-state index < -0.39 is 0 Å². The van der Waals surface area contributed by atoms with Gasteiger partial charge in [-0.2, -0.15) is 6.58 Å². The van der Waals surface area contributed by atoms with Gasteiger partial charge in [0.05, 0.1) is 0 Å². The van der Waals surface area contributed by atoms with E-state index >= 15 is 0 Å². The Morgan fingerprint density at radius 2 is 0.632 bits per heavy atom. The molecule has 0 unspecified atom stereocenters. The quantitative estimate of drug-likeness (QED) is 0.279. The molecule has 0 heterocycles. The van der Waals surface area contributed by atoms with Crippen LogP contribution in [0.3, 0.4) is 0 Å². The van der Waals surface area contributed by atoms with Crippen LogP contribution in [0.4, 0.5) is 0 Å². The zero-order chi connectivity index (χ0) is 4.28. The second kappa shape index (κ2) is 95.2. The first-order valence-corrected chi connectivity index (χ1v) is 1.46. The topological polar surface area (TPSA) is 0 Å². The van der Waals surface area contributed by atoms with Crippen LogP contribution in [0.25, 0.3) is 0 Å². The van der Waals surface area contributed by atoms with Crippen LogP contribution in [-0.2, 0) is 425 Å². The molecule has 0 nitrogen and oxygen atoms in total. The smallest absolute Gasteiger partial charge is 0 e. The van der Waals surface area contributed by atoms with E-state index in [1.165, 1.54) is 0 Å². The third-order valence-corrected chi connectivity index (χ3v) is 0.302. The molecule has 75 valence electrons. The maximum atomic E-state index is 3.50. The minimum Gasteiger partial charge on any atom is -0.358 e. The second-order valence-electron chi connectivity index (χ2n) is 0.957. The third kappa shape index (κ3) is 113. The summed E-state index contributed by atoms with van der Waals surface area (Å²) in [6, 6.07) is 0. The Labute approximate surface area is 448 Å². The third-order valence-electron chi connectivity index (χ3n) is 0.302. The normalized spacial score (nSPS) is 1.74. The van der Waals surface area contributed by atoms with E-state index in [0.717, 1.165) is 5.57 Å². The van der Waals surface area contributed by atoms with Gasteiger partial charge in [0, 0.05) is 425 Å². The van der Waals surface area contributed by atoms with E-state index in [1.807, 2.05) is 6.92 Å². The number of hydrogen-bond acceptors (Lipinski definition) is 0. The summed E-state index contributed by atoms with van der Waals surface area (Å²) in [6.07, 6.45) is 2.58. The van der Waals surface area contributed by atoms with Crippen LogP contribution in [-0.4, -0.2) is 0 Å². The minimum absolute atomic E-state index is 0. The molecular weight excluding hydrogens is 1230 g/mol. The van der Waals surface area contributed by atoms with E-state index in [4.69, 9.17) is 0 Å². The van der Waals surface area contributed by atoms with Gasteiger partial charge in [0.1, 0.15) is 0 Å². The zero-order valence-electron chi connectivity index (χ0n) is 11.9. The fourth-order valence-corrected chi connectivity index (χ4v) is 0. The molecule has 0 aliphatic heterocycles. The van der Waals surface area contributed by atoms with Crippen molar-refractivity contribution in [2.75, 3.05) is 0 Å². The van der Waals surface area contributed by atoms with Crippen LogP contribution < -0.4 is 0 Å². The van der Waals surface area contributed by atoms with E-state index in [-0.39, 0.29) is 433 Å². The minimum atomic E-state index is 0. The maximum Gasteiger partial charge on any atom is 0 e. The molecule has 13 heteroatoms. The molecule has 0 fully saturated rings. The average molecular weight is 1240 g/mol. The first-order valence-electron chi connectivity index (χ1n) is 1.46. The first-order chi connectivity index (χ1) is 2.27. The standard InChI is InChI=1S/C5H7.CH3.13Y/c1-4-5(2)3;;;;;;;;;;;;;;/h1-2H2,3H3;1H3;;;;;;;;;;;;;/q2*-1;;;;;;;;;;;;;. The first kappa shape index (κ1) is 105. The Bertz CT molecular complexity index is 68.2. The van der Waals surface area contributed by atoms with Crippen LogP contribution in [0, 0.1) is 13.5 Å². The summed E-state index contributed by atoms with van der Waals surface area (Å²) in [5, 5.41) is 0. The van der Waals surface area contributed by atoms with Crippen molar-refractivity contribution in [2.45, 2.75) is 6.92 Å². The van der Waals surface area contributed by atoms with Crippen molar-refractivity contribution >= 4 is 0 Å². The van der Waals surface area contributed by atoms with Gasteiger partial charge in [0.15, 0.2) is 0 Å². The zero-order valence-corrected chi connectivity index (χ0v) is 48.8. The monoisotopic (exact) mass is 1240 g/mol. The van der Waals surface area contributed by atoms with Crippen LogP contribution >= 0.6 is 0 Å². The SMILES string of the molecule is C=[C-]C(=C)C.[CH3-].[Y].[Y].[Y].[Y].[Y].[Y].[Y].[Y].[Y].[Y].[Y].[Y].[Y]. The van der Waals surface area contributed by atoms with Crippen LogP contribution in [0.2, 0.25) is 0 Å². The van der Waals surface area contributed by atoms with Gasteiger partial charge in [-0.3, -0.25) is 6.08 Å². The maximum absolute atomic E-state index is 3.50. The van der Waals surface area contributed by atoms with Gasteiger partial charge in [-0.05, 0) is 0 Å². The van der Waals surface area contributed by atoms with E-state index in [1.54, 1.807) is 0 Å². The summed E-state index contributed by atoms with van der Waals surface area (Å²) in [5.41, 5.74) is 0.894. The summed E-state index contributed by atoms with van der Waals surface area (Å²) in [4.78, 5) is 0. The van der Waals surface area contributed by atoms with Crippen LogP contribution in [0.5, 0.6) is 0 Å². The van der Waals surface area contributed by atoms with Gasteiger partial charge in [-0.15, -0.1) is 0 Å². The van der Waals surface area contributed by atoms with Crippen molar-refractivity contribution in [3.05, 3.63) is 32.2 Å². The van der Waals surface area contributed by atoms with Crippen molar-refractivity contribution in [3.8, 4) is 0 Å². The molecule has 19 heavy (non-hydrogen) atoms. The Morgan fingerprint density at radius 3 is 0.632 bits per heavy atom. The summed E-state index contributed by atoms with van der Waals surface area (Å²) >= 11 is 0. The molecule has 0 aliphatic carbocycles. The van der Waals surface area contributed by atoms with Gasteiger partial charge in [-0.1, -0.05) is 6.92 Å². The molecule has 0 N–H and O–H groups in total. The fourth-order valence-electron chi connectivity index (χ4n) is 0. The van der Waals surface area contributed by atoms with Gasteiger partial charge in [0.25, 0.3) is 0 Å². The summed E-state index contributed by atoms with van der Waals surface area (Å²) in [7, 11) is 0. The molecule has 0 aliphatic rings. The van der Waals surface area contributed by atoms with Gasteiger partial charge >= 0.3 is 0 Å². The number of hydrogen-bond donors (Lipinski definition) is 0. The molecule has 0 atom stereocenters. The molecule has 0 spiro atoms. The van der Waals surface area contributed by atoms with E-state index in [9.17, 15) is 0 Å². The molecule has 0 aromatic heterocycles. The molecule has 0 rings (SSSR count). The molecule has 0 aromatic carbocycles. The second-order valence-corrected chi connectivity index (χ2v) is 0.957. The molecule has 0 saturated carbocycles. The van der Waals surface area contributed by atoms with Crippen molar-refractivity contribution in [1.29, 1.82) is 0 Å². The average Bonchev–Trinajstić information content (AvgIpc) is 1.38. The predicted molar refractivity (Wildman–Crippen MR) is 30.1 cm³/mol. The largest absolute Gasteiger partial charge is 0.358 e. The molecule has 13 radical (unpaired) electrons. The number of allylic oxidation sites excluding steroid dienone is 2. The molecular formula is C6H10Y13-2. The van der Waals surface area contributed by atoms with Gasteiger partial charge < -0.3 is 7.43 Å². The van der Waals surface area contributed by atoms with Crippen LogP contribution in [0.15, 0.2) is 18.7 Å². The Kier molecular flexibility index (Phi) is 524. The van der Waals surface area contributed by atoms with E-state index in [2.05, 4.69) is 19.2 Å². The summed E-state index contributed by atoms with van der Waals surface area (Å²) < 4.78 is 0. The van der Waals surface area contributed by atoms with Crippen LogP contribution in [0.1, 0.15) is 6.92 Å². The van der Waals surface area contributed by atoms with Crippen molar-refractivity contribution in [1.82, 2.24) is 0 Å². The molecule has 0 bridgehead atoms. The fraction of sp³-hybridized carbons (Fsp3) is 0.167. The van der Waals surface area contributed by atoms with Crippen molar-refractivity contribution < 1.29 is 425 Å². The van der Waals surface area contributed by atoms with Crippen molar-refractivity contribution in [3.63, 3.8) is 0 Å². The summed E-state index contributed by atoms with van der Waals surface area (Å²) in [5.74, 6) is 0. The number of rotatable bonds is 1. The Balaban J connectivity index is -0.000000000879. The summed E-state index contributed by atoms with van der Waals surface area (Å²) in [6.45, 7) is 8.69. The van der Waals surface area contributed by atoms with Crippen molar-refractivity contribution in [2.24, 2.45) is 0 Å². The molecule has 0 amide bonds. The van der Waals surface area contributed by atoms with Gasteiger partial charge in [0.2, 0.25) is 0 Å². The molecule has 0 saturated heterocycles. The predicted octanol–water partition coefficient (Wildman–Crippen LogP) is 1.97. The molecule has 0 aromatic rings.